The lowest BCUT2D eigenvalue weighted by molar-refractivity contribution is -0.138. The lowest BCUT2D eigenvalue weighted by Gasteiger charge is -2.28. The van der Waals surface area contributed by atoms with Gasteiger partial charge in [0.2, 0.25) is 11.8 Å². The van der Waals surface area contributed by atoms with Crippen molar-refractivity contribution in [3.8, 4) is 0 Å². The van der Waals surface area contributed by atoms with E-state index in [9.17, 15) is 40.7 Å². The van der Waals surface area contributed by atoms with Crippen molar-refractivity contribution in [2.75, 3.05) is 16.0 Å². The Morgan fingerprint density at radius 3 is 1.67 bits per heavy atom. The third-order valence-electron chi connectivity index (χ3n) is 6.33. The lowest BCUT2D eigenvalue weighted by Crippen LogP contribution is -2.38. The number of primary amides is 1. The van der Waals surface area contributed by atoms with Gasteiger partial charge in [-0.25, -0.2) is 0 Å². The molecule has 222 valence electrons. The van der Waals surface area contributed by atoms with Crippen molar-refractivity contribution < 1.29 is 40.7 Å². The maximum absolute atomic E-state index is 13.9. The first-order valence-corrected chi connectivity index (χ1v) is 12.4. The smallest absolute Gasteiger partial charge is 0.397 e. The second kappa shape index (κ2) is 11.9. The molecule has 0 aliphatic carbocycles. The third kappa shape index (κ3) is 6.94. The Hall–Kier alpha value is -5.33. The van der Waals surface area contributed by atoms with Crippen molar-refractivity contribution in [1.82, 2.24) is 0 Å². The molecule has 3 amide bonds. The summed E-state index contributed by atoms with van der Waals surface area (Å²) in [6.07, 6.45) is -9.69. The van der Waals surface area contributed by atoms with Gasteiger partial charge in [0.1, 0.15) is 5.92 Å². The first-order chi connectivity index (χ1) is 20.2. The van der Waals surface area contributed by atoms with E-state index >= 15 is 0 Å². The van der Waals surface area contributed by atoms with E-state index < -0.39 is 58.5 Å². The second-order valence-electron chi connectivity index (χ2n) is 9.27. The summed E-state index contributed by atoms with van der Waals surface area (Å²) in [5.41, 5.74) is 8.77. The number of nitrogens with two attached hydrogens (primary N) is 2. The lowest BCUT2D eigenvalue weighted by atomic mass is 9.94. The number of para-hydroxylation sites is 2. The van der Waals surface area contributed by atoms with Gasteiger partial charge in [-0.1, -0.05) is 36.4 Å². The molecule has 4 aromatic carbocycles. The van der Waals surface area contributed by atoms with Crippen LogP contribution in [0.1, 0.15) is 33.0 Å². The summed E-state index contributed by atoms with van der Waals surface area (Å²) in [4.78, 5) is 39.7. The highest BCUT2D eigenvalue weighted by Gasteiger charge is 2.37. The van der Waals surface area contributed by atoms with Gasteiger partial charge >= 0.3 is 12.4 Å². The van der Waals surface area contributed by atoms with Crippen molar-refractivity contribution in [2.24, 2.45) is 5.73 Å². The topological polar surface area (TPSA) is 119 Å². The van der Waals surface area contributed by atoms with Gasteiger partial charge in [0.25, 0.3) is 5.91 Å². The van der Waals surface area contributed by atoms with Crippen LogP contribution < -0.4 is 21.7 Å². The molecule has 5 N–H and O–H groups in total. The minimum atomic E-state index is -4.84. The molecule has 0 fully saturated rings. The molecule has 0 heterocycles. The molecule has 0 saturated carbocycles. The number of carbonyl (C=O) groups is 3. The van der Waals surface area contributed by atoms with E-state index in [0.29, 0.717) is 28.4 Å². The summed E-state index contributed by atoms with van der Waals surface area (Å²) in [5.74, 6) is -4.89. The number of anilines is 4. The average Bonchev–Trinajstić information content (AvgIpc) is 2.94. The normalized spacial score (nSPS) is 12.3. The summed E-state index contributed by atoms with van der Waals surface area (Å²) in [6, 6.07) is 18.1. The van der Waals surface area contributed by atoms with Gasteiger partial charge in [-0.2, -0.15) is 26.3 Å². The predicted octanol–water partition coefficient (Wildman–Crippen LogP) is 6.49. The summed E-state index contributed by atoms with van der Waals surface area (Å²) < 4.78 is 81.0. The highest BCUT2D eigenvalue weighted by atomic mass is 19.4. The van der Waals surface area contributed by atoms with E-state index in [2.05, 4.69) is 5.32 Å². The number of nitrogens with zero attached hydrogens (tertiary/aromatic N) is 1. The molecule has 0 saturated heterocycles. The number of carbonyl (C=O) groups excluding carboxylic acids is 3. The van der Waals surface area contributed by atoms with Crippen LogP contribution in [0.5, 0.6) is 0 Å². The van der Waals surface area contributed by atoms with Crippen molar-refractivity contribution in [1.29, 1.82) is 0 Å². The minimum Gasteiger partial charge on any atom is -0.397 e. The molecule has 1 atom stereocenters. The number of nitrogen functional groups attached to an aromatic ring is 1. The third-order valence-corrected chi connectivity index (χ3v) is 6.33. The zero-order chi connectivity index (χ0) is 31.5. The maximum atomic E-state index is 13.9. The molecule has 0 bridgehead atoms. The van der Waals surface area contributed by atoms with Gasteiger partial charge in [0, 0.05) is 16.9 Å². The Kier molecular flexibility index (Phi) is 8.46. The average molecular weight is 601 g/mol. The van der Waals surface area contributed by atoms with Crippen molar-refractivity contribution >= 4 is 40.5 Å². The standard InChI is InChI=1S/C30H22F6N4O3/c31-29(32,33)19-5-3-7-21(15-19)40(22-8-4-6-20(16-22)30(34,35)36)28(43)25(26(38)41)17-11-13-18(14-12-17)27(42)39-24-10-2-1-9-23(24)37/h1-16,25H,37H2,(H2,38,41)(H,39,42). The number of hydrogen-bond donors (Lipinski definition) is 3. The first kappa shape index (κ1) is 30.6. The summed E-state index contributed by atoms with van der Waals surface area (Å²) in [6.45, 7) is 0. The van der Waals surface area contributed by atoms with Crippen LogP contribution in [-0.2, 0) is 21.9 Å². The van der Waals surface area contributed by atoms with Crippen LogP contribution in [0.25, 0.3) is 0 Å². The molecule has 0 aliphatic rings. The number of alkyl halides is 6. The minimum absolute atomic E-state index is 0.0581. The van der Waals surface area contributed by atoms with E-state index in [1.54, 1.807) is 24.3 Å². The van der Waals surface area contributed by atoms with Crippen LogP contribution in [0.2, 0.25) is 0 Å². The monoisotopic (exact) mass is 600 g/mol. The van der Waals surface area contributed by atoms with Gasteiger partial charge in [-0.3, -0.25) is 19.3 Å². The zero-order valence-electron chi connectivity index (χ0n) is 21.9. The number of halogens is 6. The molecule has 13 heteroatoms. The molecular formula is C30H22F6N4O3. The van der Waals surface area contributed by atoms with E-state index in [-0.39, 0.29) is 11.1 Å². The largest absolute Gasteiger partial charge is 0.416 e. The Morgan fingerprint density at radius 1 is 0.698 bits per heavy atom. The fraction of sp³-hybridized carbons (Fsp3) is 0.100. The molecule has 1 unspecified atom stereocenters. The number of amides is 3. The Bertz CT molecular complexity index is 1610. The second-order valence-corrected chi connectivity index (χ2v) is 9.27. The van der Waals surface area contributed by atoms with Crippen LogP contribution in [0.3, 0.4) is 0 Å². The molecule has 7 nitrogen and oxygen atoms in total. The maximum Gasteiger partial charge on any atom is 0.416 e. The molecule has 43 heavy (non-hydrogen) atoms. The SMILES string of the molecule is NC(=O)C(C(=O)N(c1cccc(C(F)(F)F)c1)c1cccc(C(F)(F)F)c1)c1ccc(C(=O)Nc2ccccc2N)cc1. The van der Waals surface area contributed by atoms with Crippen molar-refractivity contribution in [2.45, 2.75) is 18.3 Å². The van der Waals surface area contributed by atoms with E-state index in [0.717, 1.165) is 36.4 Å². The van der Waals surface area contributed by atoms with Gasteiger partial charge < -0.3 is 16.8 Å². The van der Waals surface area contributed by atoms with E-state index in [1.807, 2.05) is 0 Å². The van der Waals surface area contributed by atoms with Crippen LogP contribution >= 0.6 is 0 Å². The number of nitrogens with one attached hydrogen (secondary N) is 1. The van der Waals surface area contributed by atoms with E-state index in [1.165, 1.54) is 24.3 Å². The molecule has 0 spiro atoms. The number of hydrogen-bond acceptors (Lipinski definition) is 4. The van der Waals surface area contributed by atoms with Gasteiger partial charge in [0.15, 0.2) is 0 Å². The quantitative estimate of drug-likeness (QED) is 0.128. The van der Waals surface area contributed by atoms with Crippen LogP contribution in [0.4, 0.5) is 49.1 Å². The van der Waals surface area contributed by atoms with Gasteiger partial charge in [-0.05, 0) is 66.2 Å². The molecule has 4 rings (SSSR count). The fourth-order valence-corrected chi connectivity index (χ4v) is 4.24. The van der Waals surface area contributed by atoms with Crippen LogP contribution in [-0.4, -0.2) is 17.7 Å². The Balaban J connectivity index is 1.75. The molecule has 0 radical (unpaired) electrons. The molecule has 0 aromatic heterocycles. The van der Waals surface area contributed by atoms with E-state index in [4.69, 9.17) is 11.5 Å². The molecule has 0 aliphatic heterocycles. The molecular weight excluding hydrogens is 578 g/mol. The zero-order valence-corrected chi connectivity index (χ0v) is 21.9. The number of rotatable bonds is 7. The Labute approximate surface area is 240 Å². The van der Waals surface area contributed by atoms with Crippen molar-refractivity contribution in [3.63, 3.8) is 0 Å². The molecule has 4 aromatic rings. The Morgan fingerprint density at radius 2 is 1.21 bits per heavy atom. The fourth-order valence-electron chi connectivity index (χ4n) is 4.24. The van der Waals surface area contributed by atoms with Crippen LogP contribution in [0.15, 0.2) is 97.1 Å². The first-order valence-electron chi connectivity index (χ1n) is 12.4. The highest BCUT2D eigenvalue weighted by molar-refractivity contribution is 6.15. The van der Waals surface area contributed by atoms with Crippen LogP contribution in [0, 0.1) is 0 Å². The highest BCUT2D eigenvalue weighted by Crippen LogP contribution is 2.38. The van der Waals surface area contributed by atoms with Gasteiger partial charge in [-0.15, -0.1) is 0 Å². The summed E-state index contributed by atoms with van der Waals surface area (Å²) in [7, 11) is 0. The summed E-state index contributed by atoms with van der Waals surface area (Å²) >= 11 is 0. The van der Waals surface area contributed by atoms with Crippen molar-refractivity contribution in [3.05, 3.63) is 119 Å². The predicted molar refractivity (Wildman–Crippen MR) is 147 cm³/mol. The number of benzene rings is 4. The summed E-state index contributed by atoms with van der Waals surface area (Å²) in [5, 5.41) is 2.60. The van der Waals surface area contributed by atoms with Gasteiger partial charge in [0.05, 0.1) is 22.5 Å².